The molecule has 260 valence electrons. The van der Waals surface area contributed by atoms with Gasteiger partial charge in [0.05, 0.1) is 30.4 Å². The lowest BCUT2D eigenvalue weighted by Crippen LogP contribution is -2.35. The summed E-state index contributed by atoms with van der Waals surface area (Å²) in [5.41, 5.74) is 1.50. The van der Waals surface area contributed by atoms with Crippen LogP contribution >= 0.6 is 0 Å². The van der Waals surface area contributed by atoms with Crippen LogP contribution in [-0.4, -0.2) is 52.4 Å². The lowest BCUT2D eigenvalue weighted by molar-refractivity contribution is -0.139. The molecule has 0 radical (unpaired) electrons. The van der Waals surface area contributed by atoms with E-state index in [1.807, 2.05) is 30.3 Å². The number of rotatable bonds is 12. The number of amides is 2. The number of carbonyl (C=O) groups is 4. The summed E-state index contributed by atoms with van der Waals surface area (Å²) in [6.07, 6.45) is -3.84. The number of aromatic nitrogens is 1. The molecule has 10 nitrogen and oxygen atoms in total. The van der Waals surface area contributed by atoms with Crippen LogP contribution in [0.5, 0.6) is 11.5 Å². The Balaban J connectivity index is 1.19. The second-order valence-electron chi connectivity index (χ2n) is 11.2. The third kappa shape index (κ3) is 9.57. The van der Waals surface area contributed by atoms with Crippen LogP contribution in [0.3, 0.4) is 0 Å². The van der Waals surface area contributed by atoms with E-state index in [0.717, 1.165) is 16.5 Å². The molecular weight excluding hydrogens is 667 g/mol. The van der Waals surface area contributed by atoms with Crippen LogP contribution in [0.15, 0.2) is 115 Å². The van der Waals surface area contributed by atoms with Crippen LogP contribution in [0.1, 0.15) is 37.4 Å². The van der Waals surface area contributed by atoms with Gasteiger partial charge in [0.2, 0.25) is 5.91 Å². The van der Waals surface area contributed by atoms with Crippen molar-refractivity contribution in [2.75, 3.05) is 19.0 Å². The second-order valence-corrected chi connectivity index (χ2v) is 11.2. The molecule has 0 unspecified atom stereocenters. The van der Waals surface area contributed by atoms with Gasteiger partial charge in [-0.25, -0.2) is 4.79 Å². The van der Waals surface area contributed by atoms with Crippen molar-refractivity contribution in [1.82, 2.24) is 9.88 Å². The topological polar surface area (TPSA) is 135 Å². The summed E-state index contributed by atoms with van der Waals surface area (Å²) in [7, 11) is 1.24. The molecule has 0 aliphatic rings. The molecule has 2 amide bonds. The minimum atomic E-state index is -4.70. The first kappa shape index (κ1) is 35.8. The van der Waals surface area contributed by atoms with Crippen LogP contribution in [0.2, 0.25) is 0 Å². The van der Waals surface area contributed by atoms with E-state index < -0.39 is 48.5 Å². The van der Waals surface area contributed by atoms with E-state index in [1.54, 1.807) is 24.3 Å². The lowest BCUT2D eigenvalue weighted by Gasteiger charge is -2.21. The zero-order chi connectivity index (χ0) is 36.5. The Hall–Kier alpha value is -6.50. The maximum absolute atomic E-state index is 13.5. The summed E-state index contributed by atoms with van der Waals surface area (Å²) in [5.74, 6) is -2.98. The molecule has 5 aromatic rings. The summed E-state index contributed by atoms with van der Waals surface area (Å²) in [5, 5.41) is 12.0. The Morgan fingerprint density at radius 1 is 0.824 bits per heavy atom. The van der Waals surface area contributed by atoms with Crippen molar-refractivity contribution in [3.63, 3.8) is 0 Å². The number of hydrogen-bond acceptors (Lipinski definition) is 7. The highest BCUT2D eigenvalue weighted by Gasteiger charge is 2.34. The van der Waals surface area contributed by atoms with E-state index in [9.17, 15) is 37.5 Å². The number of methoxy groups -OCH3 is 1. The molecular formula is C38H30F3N3O7. The summed E-state index contributed by atoms with van der Waals surface area (Å²) >= 11 is 0. The van der Waals surface area contributed by atoms with E-state index in [4.69, 9.17) is 9.47 Å². The maximum atomic E-state index is 13.5. The van der Waals surface area contributed by atoms with E-state index in [0.29, 0.717) is 11.3 Å². The van der Waals surface area contributed by atoms with Crippen LogP contribution in [0.4, 0.5) is 18.9 Å². The van der Waals surface area contributed by atoms with E-state index in [1.165, 1.54) is 61.8 Å². The van der Waals surface area contributed by atoms with Crippen molar-refractivity contribution < 1.29 is 46.9 Å². The molecule has 4 aromatic carbocycles. The average Bonchev–Trinajstić information content (AvgIpc) is 3.12. The maximum Gasteiger partial charge on any atom is 0.416 e. The molecule has 0 spiro atoms. The third-order valence-electron chi connectivity index (χ3n) is 7.58. The monoisotopic (exact) mass is 697 g/mol. The SMILES string of the molecule is COc1ccc(CC(=O)Nc2ccc(C(=O)N(CC(=O)O)Cc3ccc(OC(=O)c4ccc(-c5ccccc5)nc4)cc3)cc2)c(C(F)(F)F)c1. The molecule has 0 aliphatic heterocycles. The number of alkyl halides is 3. The highest BCUT2D eigenvalue weighted by molar-refractivity contribution is 5.97. The van der Waals surface area contributed by atoms with Crippen molar-refractivity contribution in [3.8, 4) is 22.8 Å². The molecule has 0 saturated heterocycles. The minimum Gasteiger partial charge on any atom is -0.497 e. The van der Waals surface area contributed by atoms with Gasteiger partial charge in [-0.2, -0.15) is 13.2 Å². The van der Waals surface area contributed by atoms with Crippen molar-refractivity contribution in [1.29, 1.82) is 0 Å². The summed E-state index contributed by atoms with van der Waals surface area (Å²) in [6.45, 7) is -0.713. The lowest BCUT2D eigenvalue weighted by atomic mass is 10.0. The molecule has 1 heterocycles. The van der Waals surface area contributed by atoms with E-state index in [-0.39, 0.29) is 40.4 Å². The first-order chi connectivity index (χ1) is 24.4. The Labute approximate surface area is 290 Å². The fourth-order valence-corrected chi connectivity index (χ4v) is 5.06. The van der Waals surface area contributed by atoms with Gasteiger partial charge in [0.1, 0.15) is 18.0 Å². The highest BCUT2D eigenvalue weighted by atomic mass is 19.4. The first-order valence-electron chi connectivity index (χ1n) is 15.4. The van der Waals surface area contributed by atoms with E-state index >= 15 is 0 Å². The number of aliphatic carboxylic acids is 1. The van der Waals surface area contributed by atoms with Gasteiger partial charge in [0, 0.05) is 29.6 Å². The molecule has 13 heteroatoms. The zero-order valence-electron chi connectivity index (χ0n) is 27.0. The van der Waals surface area contributed by atoms with Gasteiger partial charge < -0.3 is 24.8 Å². The third-order valence-corrected chi connectivity index (χ3v) is 7.58. The van der Waals surface area contributed by atoms with Gasteiger partial charge in [-0.1, -0.05) is 48.5 Å². The number of ether oxygens (including phenoxy) is 2. The summed E-state index contributed by atoms with van der Waals surface area (Å²) in [6, 6.07) is 27.8. The molecule has 0 saturated carbocycles. The van der Waals surface area contributed by atoms with Gasteiger partial charge in [-0.3, -0.25) is 19.4 Å². The number of nitrogens with one attached hydrogen (secondary N) is 1. The standard InChI is InChI=1S/C38H30F3N3O7/c1-50-31-17-11-27(32(20-31)38(39,40)41)19-34(45)43-29-13-9-26(10-14-29)36(48)44(23-35(46)47)22-24-7-15-30(16-8-24)51-37(49)28-12-18-33(42-21-28)25-5-3-2-4-6-25/h2-18,20-21H,19,22-23H2,1H3,(H,43,45)(H,46,47). The number of pyridine rings is 1. The summed E-state index contributed by atoms with van der Waals surface area (Å²) in [4.78, 5) is 55.6. The van der Waals surface area contributed by atoms with Crippen LogP contribution < -0.4 is 14.8 Å². The number of benzene rings is 4. The van der Waals surface area contributed by atoms with E-state index in [2.05, 4.69) is 10.3 Å². The minimum absolute atomic E-state index is 0.00103. The van der Waals surface area contributed by atoms with Crippen LogP contribution in [0.25, 0.3) is 11.3 Å². The Bertz CT molecular complexity index is 2020. The molecule has 0 bridgehead atoms. The normalized spacial score (nSPS) is 11.0. The molecule has 5 rings (SSSR count). The molecule has 0 atom stereocenters. The quantitative estimate of drug-likeness (QED) is 0.106. The van der Waals surface area contributed by atoms with Gasteiger partial charge in [-0.05, 0) is 71.8 Å². The van der Waals surface area contributed by atoms with Gasteiger partial charge in [0.25, 0.3) is 5.91 Å². The second kappa shape index (κ2) is 15.8. The molecule has 0 fully saturated rings. The number of carboxylic acid groups (broad SMARTS) is 1. The molecule has 0 aliphatic carbocycles. The number of hydrogen-bond donors (Lipinski definition) is 2. The predicted molar refractivity (Wildman–Crippen MR) is 180 cm³/mol. The fourth-order valence-electron chi connectivity index (χ4n) is 5.06. The molecule has 51 heavy (non-hydrogen) atoms. The Kier molecular flexibility index (Phi) is 11.1. The predicted octanol–water partition coefficient (Wildman–Crippen LogP) is 6.90. The molecule has 1 aromatic heterocycles. The Morgan fingerprint density at radius 3 is 2.10 bits per heavy atom. The van der Waals surface area contributed by atoms with Gasteiger partial charge in [0.15, 0.2) is 0 Å². The molecule has 2 N–H and O–H groups in total. The van der Waals surface area contributed by atoms with Crippen molar-refractivity contribution in [2.24, 2.45) is 0 Å². The number of halogens is 3. The highest BCUT2D eigenvalue weighted by Crippen LogP contribution is 2.35. The smallest absolute Gasteiger partial charge is 0.416 e. The number of carbonyl (C=O) groups excluding carboxylic acids is 3. The van der Waals surface area contributed by atoms with Crippen LogP contribution in [-0.2, 0) is 28.7 Å². The average molecular weight is 698 g/mol. The van der Waals surface area contributed by atoms with Crippen molar-refractivity contribution in [3.05, 3.63) is 143 Å². The van der Waals surface area contributed by atoms with Gasteiger partial charge >= 0.3 is 18.1 Å². The zero-order valence-corrected chi connectivity index (χ0v) is 27.0. The fraction of sp³-hybridized carbons (Fsp3) is 0.132. The van der Waals surface area contributed by atoms with Crippen molar-refractivity contribution >= 4 is 29.4 Å². The number of carboxylic acids is 1. The Morgan fingerprint density at radius 2 is 1.49 bits per heavy atom. The summed E-state index contributed by atoms with van der Waals surface area (Å²) < 4.78 is 50.9. The number of anilines is 1. The van der Waals surface area contributed by atoms with Crippen LogP contribution in [0, 0.1) is 0 Å². The van der Waals surface area contributed by atoms with Gasteiger partial charge in [-0.15, -0.1) is 0 Å². The first-order valence-corrected chi connectivity index (χ1v) is 15.4. The van der Waals surface area contributed by atoms with Crippen molar-refractivity contribution in [2.45, 2.75) is 19.1 Å². The number of esters is 1. The largest absolute Gasteiger partial charge is 0.497 e. The number of nitrogens with zero attached hydrogens (tertiary/aromatic N) is 2.